The van der Waals surface area contributed by atoms with Gasteiger partial charge in [0.25, 0.3) is 5.91 Å². The van der Waals surface area contributed by atoms with Crippen molar-refractivity contribution in [2.24, 2.45) is 4.99 Å². The topological polar surface area (TPSA) is 89.5 Å². The van der Waals surface area contributed by atoms with Crippen molar-refractivity contribution in [1.82, 2.24) is 4.90 Å². The number of aliphatic imine (C=N–C) groups is 1. The number of rotatable bonds is 6. The SMILES string of the molecule is C=NCc1c(NC(=O)c2ccccc2)sc2c1CCN(C(=O)OCC1COC(C)(C)O1)C2. The third kappa shape index (κ3) is 5.01. The Balaban J connectivity index is 1.42. The Bertz CT molecular complexity index is 1000. The van der Waals surface area contributed by atoms with Gasteiger partial charge in [-0.2, -0.15) is 0 Å². The van der Waals surface area contributed by atoms with Gasteiger partial charge in [-0.3, -0.25) is 9.79 Å². The molecule has 0 spiro atoms. The molecule has 4 rings (SSSR count). The van der Waals surface area contributed by atoms with Gasteiger partial charge in [-0.15, -0.1) is 11.3 Å². The van der Waals surface area contributed by atoms with E-state index in [9.17, 15) is 9.59 Å². The molecular weight excluding hydrogens is 430 g/mol. The molecule has 1 saturated heterocycles. The van der Waals surface area contributed by atoms with Gasteiger partial charge in [0, 0.05) is 22.5 Å². The fourth-order valence-electron chi connectivity index (χ4n) is 3.87. The fourth-order valence-corrected chi connectivity index (χ4v) is 5.14. The van der Waals surface area contributed by atoms with Crippen LogP contribution in [0.2, 0.25) is 0 Å². The highest BCUT2D eigenvalue weighted by Gasteiger charge is 2.34. The van der Waals surface area contributed by atoms with Crippen molar-refractivity contribution < 1.29 is 23.8 Å². The van der Waals surface area contributed by atoms with Crippen molar-refractivity contribution in [2.45, 2.75) is 45.2 Å². The molecule has 2 aliphatic heterocycles. The predicted molar refractivity (Wildman–Crippen MR) is 122 cm³/mol. The van der Waals surface area contributed by atoms with Crippen molar-refractivity contribution in [1.29, 1.82) is 0 Å². The van der Waals surface area contributed by atoms with E-state index in [0.29, 0.717) is 38.2 Å². The monoisotopic (exact) mass is 457 g/mol. The zero-order valence-corrected chi connectivity index (χ0v) is 19.1. The first kappa shape index (κ1) is 22.4. The fraction of sp³-hybridized carbons (Fsp3) is 0.435. The second-order valence-electron chi connectivity index (χ2n) is 8.21. The number of amides is 2. The van der Waals surface area contributed by atoms with Crippen LogP contribution in [0.25, 0.3) is 0 Å². The van der Waals surface area contributed by atoms with Crippen molar-refractivity contribution in [3.8, 4) is 0 Å². The highest BCUT2D eigenvalue weighted by atomic mass is 32.1. The zero-order valence-electron chi connectivity index (χ0n) is 18.3. The molecule has 1 atom stereocenters. The van der Waals surface area contributed by atoms with E-state index in [-0.39, 0.29) is 24.7 Å². The first-order valence-corrected chi connectivity index (χ1v) is 11.3. The predicted octanol–water partition coefficient (Wildman–Crippen LogP) is 3.85. The molecule has 1 aromatic carbocycles. The lowest BCUT2D eigenvalue weighted by molar-refractivity contribution is -0.143. The molecular formula is C23H27N3O5S. The Morgan fingerprint density at radius 1 is 1.34 bits per heavy atom. The lowest BCUT2D eigenvalue weighted by Gasteiger charge is -2.27. The van der Waals surface area contributed by atoms with Gasteiger partial charge in [-0.1, -0.05) is 18.2 Å². The maximum atomic E-state index is 12.7. The molecule has 3 heterocycles. The van der Waals surface area contributed by atoms with Crippen LogP contribution >= 0.6 is 11.3 Å². The maximum Gasteiger partial charge on any atom is 0.410 e. The standard InChI is InChI=1S/C23H27N3O5S/c1-23(2)30-14-16(31-23)13-29-22(28)26-10-9-17-18(11-24-3)21(32-19(17)12-26)25-20(27)15-7-5-4-6-8-15/h4-8,16H,3,9-14H2,1-2H3,(H,25,27). The highest BCUT2D eigenvalue weighted by Crippen LogP contribution is 2.38. The van der Waals surface area contributed by atoms with Crippen LogP contribution in [0.1, 0.15) is 40.2 Å². The van der Waals surface area contributed by atoms with E-state index in [1.165, 1.54) is 11.3 Å². The lowest BCUT2D eigenvalue weighted by atomic mass is 10.0. The number of nitrogens with one attached hydrogen (secondary N) is 1. The minimum absolute atomic E-state index is 0.153. The van der Waals surface area contributed by atoms with Gasteiger partial charge >= 0.3 is 6.09 Å². The number of hydrogen-bond acceptors (Lipinski definition) is 7. The molecule has 0 radical (unpaired) electrons. The van der Waals surface area contributed by atoms with Crippen LogP contribution in [0, 0.1) is 0 Å². The summed E-state index contributed by atoms with van der Waals surface area (Å²) in [6, 6.07) is 9.06. The molecule has 2 amide bonds. The van der Waals surface area contributed by atoms with E-state index >= 15 is 0 Å². The Morgan fingerprint density at radius 2 is 2.12 bits per heavy atom. The van der Waals surface area contributed by atoms with Crippen molar-refractivity contribution in [2.75, 3.05) is 25.1 Å². The molecule has 32 heavy (non-hydrogen) atoms. The van der Waals surface area contributed by atoms with Gasteiger partial charge in [-0.25, -0.2) is 4.79 Å². The quantitative estimate of drug-likeness (QED) is 0.666. The number of hydrogen-bond donors (Lipinski definition) is 1. The Labute approximate surface area is 191 Å². The Morgan fingerprint density at radius 3 is 2.81 bits per heavy atom. The van der Waals surface area contributed by atoms with E-state index in [4.69, 9.17) is 14.2 Å². The summed E-state index contributed by atoms with van der Waals surface area (Å²) in [5.74, 6) is -0.822. The molecule has 2 aromatic rings. The van der Waals surface area contributed by atoms with Crippen LogP contribution in [0.5, 0.6) is 0 Å². The number of carbonyl (C=O) groups is 2. The summed E-state index contributed by atoms with van der Waals surface area (Å²) in [6.07, 6.45) is 0.0278. The third-order valence-corrected chi connectivity index (χ3v) is 6.59. The Kier molecular flexibility index (Phi) is 6.59. The maximum absolute atomic E-state index is 12.7. The first-order chi connectivity index (χ1) is 15.4. The van der Waals surface area contributed by atoms with Crippen LogP contribution in [0.3, 0.4) is 0 Å². The molecule has 9 heteroatoms. The Hall–Kier alpha value is -2.75. The summed E-state index contributed by atoms with van der Waals surface area (Å²) >= 11 is 1.48. The summed E-state index contributed by atoms with van der Waals surface area (Å²) in [5, 5.41) is 3.76. The number of carbonyl (C=O) groups excluding carboxylic acids is 2. The average molecular weight is 458 g/mol. The van der Waals surface area contributed by atoms with E-state index in [1.54, 1.807) is 17.0 Å². The van der Waals surface area contributed by atoms with Gasteiger partial charge in [-0.05, 0) is 44.7 Å². The molecule has 0 saturated carbocycles. The van der Waals surface area contributed by atoms with Gasteiger partial charge in [0.1, 0.15) is 17.7 Å². The molecule has 2 aliphatic rings. The minimum atomic E-state index is -0.649. The van der Waals surface area contributed by atoms with Crippen LogP contribution in [0.15, 0.2) is 35.3 Å². The summed E-state index contributed by atoms with van der Waals surface area (Å²) in [7, 11) is 0. The molecule has 1 fully saturated rings. The first-order valence-electron chi connectivity index (χ1n) is 10.5. The highest BCUT2D eigenvalue weighted by molar-refractivity contribution is 7.16. The van der Waals surface area contributed by atoms with Gasteiger partial charge in [0.2, 0.25) is 0 Å². The van der Waals surface area contributed by atoms with Gasteiger partial charge < -0.3 is 24.4 Å². The molecule has 1 N–H and O–H groups in total. The summed E-state index contributed by atoms with van der Waals surface area (Å²) < 4.78 is 16.7. The number of ether oxygens (including phenoxy) is 3. The summed E-state index contributed by atoms with van der Waals surface area (Å²) in [4.78, 5) is 32.0. The van der Waals surface area contributed by atoms with Crippen LogP contribution < -0.4 is 5.32 Å². The largest absolute Gasteiger partial charge is 0.447 e. The van der Waals surface area contributed by atoms with Gasteiger partial charge in [0.05, 0.1) is 19.7 Å². The molecule has 1 aromatic heterocycles. The number of thiophene rings is 1. The summed E-state index contributed by atoms with van der Waals surface area (Å²) in [6.45, 7) is 9.21. The van der Waals surface area contributed by atoms with Gasteiger partial charge in [0.15, 0.2) is 5.79 Å². The number of anilines is 1. The van der Waals surface area contributed by atoms with E-state index in [2.05, 4.69) is 17.0 Å². The molecule has 0 aliphatic carbocycles. The summed E-state index contributed by atoms with van der Waals surface area (Å²) in [5.41, 5.74) is 2.68. The van der Waals surface area contributed by atoms with Crippen molar-refractivity contribution in [3.63, 3.8) is 0 Å². The second-order valence-corrected chi connectivity index (χ2v) is 9.32. The molecule has 0 bridgehead atoms. The van der Waals surface area contributed by atoms with E-state index in [0.717, 1.165) is 21.0 Å². The van der Waals surface area contributed by atoms with Crippen molar-refractivity contribution in [3.05, 3.63) is 51.9 Å². The number of nitrogens with zero attached hydrogens (tertiary/aromatic N) is 2. The second kappa shape index (κ2) is 9.40. The zero-order chi connectivity index (χ0) is 22.7. The normalized spacial score (nSPS) is 19.3. The third-order valence-electron chi connectivity index (χ3n) is 5.42. The molecule has 8 nitrogen and oxygen atoms in total. The average Bonchev–Trinajstić information content (AvgIpc) is 3.31. The van der Waals surface area contributed by atoms with E-state index < -0.39 is 5.79 Å². The van der Waals surface area contributed by atoms with Crippen molar-refractivity contribution >= 4 is 35.1 Å². The van der Waals surface area contributed by atoms with Crippen LogP contribution in [-0.4, -0.2) is 55.3 Å². The number of fused-ring (bicyclic) bond motifs is 1. The smallest absolute Gasteiger partial charge is 0.410 e. The molecule has 170 valence electrons. The number of benzene rings is 1. The van der Waals surface area contributed by atoms with Crippen LogP contribution in [0.4, 0.5) is 9.80 Å². The van der Waals surface area contributed by atoms with Crippen LogP contribution in [-0.2, 0) is 33.7 Å². The lowest BCUT2D eigenvalue weighted by Crippen LogP contribution is -2.37. The minimum Gasteiger partial charge on any atom is -0.447 e. The van der Waals surface area contributed by atoms with E-state index in [1.807, 2.05) is 32.0 Å². The molecule has 1 unspecified atom stereocenters.